The third-order valence-corrected chi connectivity index (χ3v) is 4.43. The number of para-hydroxylation sites is 1. The maximum Gasteiger partial charge on any atom is 0.123 e. The minimum Gasteiger partial charge on any atom is -0.493 e. The number of thioether (sulfide) groups is 1. The summed E-state index contributed by atoms with van der Waals surface area (Å²) < 4.78 is 5.79. The molecule has 0 aromatic heterocycles. The molecule has 0 unspecified atom stereocenters. The summed E-state index contributed by atoms with van der Waals surface area (Å²) in [4.78, 5) is 0. The molecule has 0 radical (unpaired) electrons. The molecule has 0 atom stereocenters. The predicted molar refractivity (Wildman–Crippen MR) is 92.1 cm³/mol. The molecule has 21 heavy (non-hydrogen) atoms. The number of benzene rings is 2. The molecule has 2 N–H and O–H groups in total. The predicted octanol–water partition coefficient (Wildman–Crippen LogP) is 4.50. The Morgan fingerprint density at radius 2 is 1.81 bits per heavy atom. The van der Waals surface area contributed by atoms with Crippen LogP contribution in [0.15, 0.2) is 48.5 Å². The van der Waals surface area contributed by atoms with Gasteiger partial charge in [-0.05, 0) is 35.9 Å². The molecule has 0 aliphatic heterocycles. The van der Waals surface area contributed by atoms with E-state index in [1.807, 2.05) is 48.2 Å². The van der Waals surface area contributed by atoms with Gasteiger partial charge in [-0.2, -0.15) is 11.8 Å². The van der Waals surface area contributed by atoms with Crippen molar-refractivity contribution >= 4 is 23.4 Å². The van der Waals surface area contributed by atoms with Crippen molar-refractivity contribution in [2.45, 2.75) is 18.7 Å². The van der Waals surface area contributed by atoms with Gasteiger partial charge in [0, 0.05) is 22.9 Å². The van der Waals surface area contributed by atoms with Gasteiger partial charge in [-0.15, -0.1) is 0 Å². The van der Waals surface area contributed by atoms with Crippen molar-refractivity contribution in [2.75, 3.05) is 12.4 Å². The van der Waals surface area contributed by atoms with Crippen molar-refractivity contribution in [3.63, 3.8) is 0 Å². The highest BCUT2D eigenvalue weighted by Gasteiger charge is 2.00. The van der Waals surface area contributed by atoms with Crippen molar-refractivity contribution in [1.82, 2.24) is 0 Å². The first-order valence-electron chi connectivity index (χ1n) is 7.02. The van der Waals surface area contributed by atoms with E-state index < -0.39 is 0 Å². The monoisotopic (exact) mass is 321 g/mol. The molecule has 0 saturated heterocycles. The molecule has 2 aromatic rings. The molecule has 2 aromatic carbocycles. The third-order valence-electron chi connectivity index (χ3n) is 3.07. The van der Waals surface area contributed by atoms with Crippen molar-refractivity contribution in [2.24, 2.45) is 5.73 Å². The van der Waals surface area contributed by atoms with Crippen LogP contribution in [0.3, 0.4) is 0 Å². The highest BCUT2D eigenvalue weighted by molar-refractivity contribution is 7.98. The first kappa shape index (κ1) is 16.2. The smallest absolute Gasteiger partial charge is 0.123 e. The third kappa shape index (κ3) is 5.62. The van der Waals surface area contributed by atoms with Gasteiger partial charge in [0.05, 0.1) is 6.61 Å². The topological polar surface area (TPSA) is 35.2 Å². The van der Waals surface area contributed by atoms with Crippen LogP contribution >= 0.6 is 23.4 Å². The maximum absolute atomic E-state index is 5.86. The Balaban J connectivity index is 1.63. The first-order valence-corrected chi connectivity index (χ1v) is 8.56. The Bertz CT molecular complexity index is 545. The van der Waals surface area contributed by atoms with E-state index >= 15 is 0 Å². The van der Waals surface area contributed by atoms with E-state index in [1.165, 1.54) is 5.56 Å². The van der Waals surface area contributed by atoms with E-state index in [4.69, 9.17) is 22.1 Å². The average Bonchev–Trinajstić information content (AvgIpc) is 2.53. The minimum absolute atomic E-state index is 0.515. The largest absolute Gasteiger partial charge is 0.493 e. The summed E-state index contributed by atoms with van der Waals surface area (Å²) >= 11 is 7.77. The summed E-state index contributed by atoms with van der Waals surface area (Å²) in [6.07, 6.45) is 1.02. The molecule has 0 fully saturated rings. The van der Waals surface area contributed by atoms with Crippen LogP contribution in [-0.2, 0) is 12.3 Å². The Kier molecular flexibility index (Phi) is 6.93. The Morgan fingerprint density at radius 1 is 1.05 bits per heavy atom. The van der Waals surface area contributed by atoms with Gasteiger partial charge in [0.1, 0.15) is 5.75 Å². The zero-order chi connectivity index (χ0) is 14.9. The summed E-state index contributed by atoms with van der Waals surface area (Å²) in [5.74, 6) is 2.99. The number of hydrogen-bond donors (Lipinski definition) is 1. The number of nitrogens with two attached hydrogens (primary N) is 1. The molecule has 2 nitrogen and oxygen atoms in total. The molecular weight excluding hydrogens is 302 g/mol. The van der Waals surface area contributed by atoms with Gasteiger partial charge in [-0.1, -0.05) is 41.9 Å². The molecule has 0 amide bonds. The summed E-state index contributed by atoms with van der Waals surface area (Å²) in [7, 11) is 0. The van der Waals surface area contributed by atoms with E-state index in [1.54, 1.807) is 0 Å². The molecule has 0 bridgehead atoms. The van der Waals surface area contributed by atoms with E-state index in [0.717, 1.165) is 40.9 Å². The lowest BCUT2D eigenvalue weighted by Gasteiger charge is -2.10. The van der Waals surface area contributed by atoms with Crippen LogP contribution in [0.2, 0.25) is 5.02 Å². The lowest BCUT2D eigenvalue weighted by Crippen LogP contribution is -2.04. The number of rotatable bonds is 8. The van der Waals surface area contributed by atoms with Gasteiger partial charge in [0.15, 0.2) is 0 Å². The fraction of sp³-hybridized carbons (Fsp3) is 0.294. The summed E-state index contributed by atoms with van der Waals surface area (Å²) in [5.41, 5.74) is 8.05. The van der Waals surface area contributed by atoms with Gasteiger partial charge >= 0.3 is 0 Å². The summed E-state index contributed by atoms with van der Waals surface area (Å²) in [5, 5.41) is 0.788. The molecule has 2 rings (SSSR count). The molecular formula is C17H20ClNOS. The van der Waals surface area contributed by atoms with E-state index in [2.05, 4.69) is 12.1 Å². The Morgan fingerprint density at radius 3 is 2.57 bits per heavy atom. The van der Waals surface area contributed by atoms with E-state index in [-0.39, 0.29) is 0 Å². The quantitative estimate of drug-likeness (QED) is 0.727. The van der Waals surface area contributed by atoms with Crippen molar-refractivity contribution in [1.29, 1.82) is 0 Å². The zero-order valence-corrected chi connectivity index (χ0v) is 13.5. The number of halogens is 1. The van der Waals surface area contributed by atoms with Gasteiger partial charge in [-0.3, -0.25) is 0 Å². The SMILES string of the molecule is NCc1ccccc1OCCCSCc1ccc(Cl)cc1. The molecule has 4 heteroatoms. The maximum atomic E-state index is 5.86. The fourth-order valence-corrected chi connectivity index (χ4v) is 2.95. The second-order valence-electron chi connectivity index (χ2n) is 4.69. The second kappa shape index (κ2) is 8.98. The molecule has 112 valence electrons. The normalized spacial score (nSPS) is 10.6. The first-order chi connectivity index (χ1) is 10.3. The lowest BCUT2D eigenvalue weighted by molar-refractivity contribution is 0.315. The van der Waals surface area contributed by atoms with E-state index in [9.17, 15) is 0 Å². The fourth-order valence-electron chi connectivity index (χ4n) is 1.93. The Labute approximate surface area is 135 Å². The number of hydrogen-bond acceptors (Lipinski definition) is 3. The van der Waals surface area contributed by atoms with Crippen molar-refractivity contribution in [3.8, 4) is 5.75 Å². The van der Waals surface area contributed by atoms with Crippen LogP contribution in [0.25, 0.3) is 0 Å². The van der Waals surface area contributed by atoms with Crippen LogP contribution in [0.5, 0.6) is 5.75 Å². The standard InChI is InChI=1S/C17H20ClNOS/c18-16-8-6-14(7-9-16)13-21-11-3-10-20-17-5-2-1-4-15(17)12-19/h1-2,4-9H,3,10-13,19H2. The van der Waals surface area contributed by atoms with Crippen LogP contribution in [0.4, 0.5) is 0 Å². The van der Waals surface area contributed by atoms with Gasteiger partial charge in [0.25, 0.3) is 0 Å². The summed E-state index contributed by atoms with van der Waals surface area (Å²) in [6, 6.07) is 16.0. The van der Waals surface area contributed by atoms with Crippen molar-refractivity contribution < 1.29 is 4.74 Å². The van der Waals surface area contributed by atoms with Crippen LogP contribution < -0.4 is 10.5 Å². The van der Waals surface area contributed by atoms with E-state index in [0.29, 0.717) is 6.54 Å². The zero-order valence-electron chi connectivity index (χ0n) is 11.9. The molecule has 0 saturated carbocycles. The Hall–Kier alpha value is -1.16. The summed E-state index contributed by atoms with van der Waals surface area (Å²) in [6.45, 7) is 1.24. The number of ether oxygens (including phenoxy) is 1. The van der Waals surface area contributed by atoms with Crippen LogP contribution in [0, 0.1) is 0 Å². The van der Waals surface area contributed by atoms with Crippen molar-refractivity contribution in [3.05, 3.63) is 64.7 Å². The average molecular weight is 322 g/mol. The molecule has 0 aliphatic carbocycles. The second-order valence-corrected chi connectivity index (χ2v) is 6.23. The molecule has 0 spiro atoms. The molecule has 0 heterocycles. The lowest BCUT2D eigenvalue weighted by atomic mass is 10.2. The highest BCUT2D eigenvalue weighted by Crippen LogP contribution is 2.19. The van der Waals surface area contributed by atoms with Gasteiger partial charge in [-0.25, -0.2) is 0 Å². The highest BCUT2D eigenvalue weighted by atomic mass is 35.5. The van der Waals surface area contributed by atoms with Gasteiger partial charge in [0.2, 0.25) is 0 Å². The van der Waals surface area contributed by atoms with Crippen LogP contribution in [-0.4, -0.2) is 12.4 Å². The van der Waals surface area contributed by atoms with Gasteiger partial charge < -0.3 is 10.5 Å². The molecule has 0 aliphatic rings. The van der Waals surface area contributed by atoms with Crippen LogP contribution in [0.1, 0.15) is 17.5 Å². The minimum atomic E-state index is 0.515.